The maximum absolute atomic E-state index is 10.4. The summed E-state index contributed by atoms with van der Waals surface area (Å²) in [6.07, 6.45) is 2.08. The van der Waals surface area contributed by atoms with Crippen molar-refractivity contribution < 1.29 is 9.90 Å². The first-order valence-electron chi connectivity index (χ1n) is 7.07. The quantitative estimate of drug-likeness (QED) is 0.672. The molecule has 19 heavy (non-hydrogen) atoms. The molecule has 3 nitrogen and oxygen atoms in total. The largest absolute Gasteiger partial charge is 0.481 e. The minimum Gasteiger partial charge on any atom is -0.481 e. The molecule has 1 unspecified atom stereocenters. The summed E-state index contributed by atoms with van der Waals surface area (Å²) in [4.78, 5) is 10.4. The molecule has 0 aliphatic heterocycles. The Hall–Kier alpha value is -1.35. The van der Waals surface area contributed by atoms with Crippen LogP contribution in [0.15, 0.2) is 30.3 Å². The number of hydrogen-bond donors (Lipinski definition) is 2. The summed E-state index contributed by atoms with van der Waals surface area (Å²) in [5.74, 6) is 0.445. The molecule has 0 bridgehead atoms. The van der Waals surface area contributed by atoms with Crippen LogP contribution in [0.1, 0.15) is 44.6 Å². The average Bonchev–Trinajstić information content (AvgIpc) is 2.37. The summed E-state index contributed by atoms with van der Waals surface area (Å²) < 4.78 is 0. The smallest absolute Gasteiger partial charge is 0.303 e. The van der Waals surface area contributed by atoms with Crippen LogP contribution in [0.3, 0.4) is 0 Å². The zero-order valence-corrected chi connectivity index (χ0v) is 11.9. The second kappa shape index (κ2) is 8.70. The molecule has 1 aromatic carbocycles. The van der Waals surface area contributed by atoms with Crippen molar-refractivity contribution in [3.8, 4) is 0 Å². The first-order chi connectivity index (χ1) is 9.09. The van der Waals surface area contributed by atoms with E-state index in [1.807, 2.05) is 6.07 Å². The number of nitrogens with one attached hydrogen (secondary N) is 1. The van der Waals surface area contributed by atoms with Gasteiger partial charge < -0.3 is 10.4 Å². The van der Waals surface area contributed by atoms with Crippen molar-refractivity contribution in [2.75, 3.05) is 13.1 Å². The average molecular weight is 263 g/mol. The molecule has 0 aliphatic rings. The van der Waals surface area contributed by atoms with E-state index >= 15 is 0 Å². The molecule has 2 N–H and O–H groups in total. The highest BCUT2D eigenvalue weighted by molar-refractivity contribution is 5.66. The summed E-state index contributed by atoms with van der Waals surface area (Å²) in [6.45, 7) is 6.16. The van der Waals surface area contributed by atoms with E-state index in [4.69, 9.17) is 5.11 Å². The van der Waals surface area contributed by atoms with E-state index in [1.54, 1.807) is 0 Å². The van der Waals surface area contributed by atoms with E-state index in [9.17, 15) is 4.79 Å². The fourth-order valence-corrected chi connectivity index (χ4v) is 2.27. The predicted octanol–water partition coefficient (Wildman–Crippen LogP) is 3.27. The lowest BCUT2D eigenvalue weighted by molar-refractivity contribution is -0.137. The molecule has 1 aromatic rings. The second-order valence-electron chi connectivity index (χ2n) is 5.44. The highest BCUT2D eigenvalue weighted by atomic mass is 16.4. The van der Waals surface area contributed by atoms with Crippen LogP contribution in [-0.4, -0.2) is 24.2 Å². The Morgan fingerprint density at radius 1 is 1.26 bits per heavy atom. The topological polar surface area (TPSA) is 49.3 Å². The van der Waals surface area contributed by atoms with Gasteiger partial charge in [0, 0.05) is 13.0 Å². The van der Waals surface area contributed by atoms with E-state index in [0.29, 0.717) is 18.3 Å². The summed E-state index contributed by atoms with van der Waals surface area (Å²) in [5.41, 5.74) is 1.36. The number of aliphatic carboxylic acids is 1. The molecule has 0 fully saturated rings. The van der Waals surface area contributed by atoms with Crippen molar-refractivity contribution in [1.82, 2.24) is 5.32 Å². The van der Waals surface area contributed by atoms with E-state index in [1.165, 1.54) is 5.56 Å². The van der Waals surface area contributed by atoms with E-state index in [2.05, 4.69) is 43.4 Å². The number of carboxylic acid groups (broad SMARTS) is 1. The molecule has 1 rings (SSSR count). The molecule has 1 atom stereocenters. The van der Waals surface area contributed by atoms with Crippen molar-refractivity contribution in [2.45, 2.75) is 39.0 Å². The maximum atomic E-state index is 10.4. The molecule has 3 heteroatoms. The molecule has 0 aliphatic carbocycles. The third kappa shape index (κ3) is 6.97. The van der Waals surface area contributed by atoms with Gasteiger partial charge in [-0.15, -0.1) is 0 Å². The molecule has 0 saturated carbocycles. The Bertz CT molecular complexity index is 362. The first-order valence-corrected chi connectivity index (χ1v) is 7.07. The van der Waals surface area contributed by atoms with Gasteiger partial charge in [-0.25, -0.2) is 0 Å². The van der Waals surface area contributed by atoms with Crippen molar-refractivity contribution in [2.24, 2.45) is 5.92 Å². The normalized spacial score (nSPS) is 12.6. The van der Waals surface area contributed by atoms with Gasteiger partial charge in [0.25, 0.3) is 0 Å². The van der Waals surface area contributed by atoms with Gasteiger partial charge in [-0.1, -0.05) is 44.2 Å². The minimum atomic E-state index is -0.719. The van der Waals surface area contributed by atoms with Gasteiger partial charge >= 0.3 is 5.97 Å². The third-order valence-corrected chi connectivity index (χ3v) is 3.16. The van der Waals surface area contributed by atoms with Gasteiger partial charge in [0.15, 0.2) is 0 Å². The fraction of sp³-hybridized carbons (Fsp3) is 0.562. The lowest BCUT2D eigenvalue weighted by Gasteiger charge is -2.20. The maximum Gasteiger partial charge on any atom is 0.303 e. The van der Waals surface area contributed by atoms with E-state index < -0.39 is 5.97 Å². The van der Waals surface area contributed by atoms with Gasteiger partial charge in [0.2, 0.25) is 0 Å². The minimum absolute atomic E-state index is 0.243. The van der Waals surface area contributed by atoms with Crippen LogP contribution in [0.4, 0.5) is 0 Å². The molecular formula is C16H25NO2. The van der Waals surface area contributed by atoms with Gasteiger partial charge in [0.05, 0.1) is 0 Å². The molecule has 0 spiro atoms. The zero-order chi connectivity index (χ0) is 14.1. The summed E-state index contributed by atoms with van der Waals surface area (Å²) in [5, 5.41) is 12.0. The van der Waals surface area contributed by atoms with Crippen LogP contribution in [-0.2, 0) is 4.79 Å². The monoisotopic (exact) mass is 263 g/mol. The summed E-state index contributed by atoms with van der Waals surface area (Å²) in [6, 6.07) is 10.5. The van der Waals surface area contributed by atoms with E-state index in [-0.39, 0.29) is 6.42 Å². The number of hydrogen-bond acceptors (Lipinski definition) is 2. The summed E-state index contributed by atoms with van der Waals surface area (Å²) in [7, 11) is 0. The Morgan fingerprint density at radius 2 is 1.95 bits per heavy atom. The van der Waals surface area contributed by atoms with Gasteiger partial charge in [-0.3, -0.25) is 4.79 Å². The van der Waals surface area contributed by atoms with Crippen LogP contribution in [0, 0.1) is 5.92 Å². The fourth-order valence-electron chi connectivity index (χ4n) is 2.27. The molecule has 0 saturated heterocycles. The first kappa shape index (κ1) is 15.7. The second-order valence-corrected chi connectivity index (χ2v) is 5.44. The van der Waals surface area contributed by atoms with Gasteiger partial charge in [0.1, 0.15) is 0 Å². The Kier molecular flexibility index (Phi) is 7.19. The zero-order valence-electron chi connectivity index (χ0n) is 11.9. The lowest BCUT2D eigenvalue weighted by atomic mass is 9.90. The van der Waals surface area contributed by atoms with Crippen LogP contribution in [0.5, 0.6) is 0 Å². The number of rotatable bonds is 9. The Balaban J connectivity index is 2.40. The van der Waals surface area contributed by atoms with Crippen molar-refractivity contribution in [3.63, 3.8) is 0 Å². The van der Waals surface area contributed by atoms with Gasteiger partial charge in [-0.05, 0) is 36.8 Å². The predicted molar refractivity (Wildman–Crippen MR) is 78.4 cm³/mol. The van der Waals surface area contributed by atoms with Crippen LogP contribution in [0.2, 0.25) is 0 Å². The van der Waals surface area contributed by atoms with Crippen molar-refractivity contribution >= 4 is 5.97 Å². The van der Waals surface area contributed by atoms with Crippen LogP contribution >= 0.6 is 0 Å². The highest BCUT2D eigenvalue weighted by Crippen LogP contribution is 2.22. The van der Waals surface area contributed by atoms with E-state index in [0.717, 1.165) is 19.5 Å². The van der Waals surface area contributed by atoms with Gasteiger partial charge in [-0.2, -0.15) is 0 Å². The molecule has 0 heterocycles. The summed E-state index contributed by atoms with van der Waals surface area (Å²) >= 11 is 0. The third-order valence-electron chi connectivity index (χ3n) is 3.16. The van der Waals surface area contributed by atoms with Crippen molar-refractivity contribution in [1.29, 1.82) is 0 Å². The Labute approximate surface area is 116 Å². The standard InChI is InChI=1S/C16H25NO2/c1-13(2)11-15(14-7-4-3-5-8-14)12-17-10-6-9-16(18)19/h3-5,7-8,13,15,17H,6,9-12H2,1-2H3,(H,18,19). The number of carbonyl (C=O) groups is 1. The number of benzene rings is 1. The van der Waals surface area contributed by atoms with Crippen molar-refractivity contribution in [3.05, 3.63) is 35.9 Å². The lowest BCUT2D eigenvalue weighted by Crippen LogP contribution is -2.24. The molecule has 0 amide bonds. The number of carboxylic acids is 1. The molecule has 0 aromatic heterocycles. The molecule has 106 valence electrons. The Morgan fingerprint density at radius 3 is 2.53 bits per heavy atom. The SMILES string of the molecule is CC(C)CC(CNCCCC(=O)O)c1ccccc1. The molecule has 0 radical (unpaired) electrons. The van der Waals surface area contributed by atoms with Crippen LogP contribution in [0.25, 0.3) is 0 Å². The van der Waals surface area contributed by atoms with Crippen LogP contribution < -0.4 is 5.32 Å². The molecular weight excluding hydrogens is 238 g/mol. The highest BCUT2D eigenvalue weighted by Gasteiger charge is 2.12.